The van der Waals surface area contributed by atoms with Crippen molar-refractivity contribution in [2.24, 2.45) is 38.7 Å². The highest BCUT2D eigenvalue weighted by Crippen LogP contribution is 2.20. The molecule has 0 bridgehead atoms. The van der Waals surface area contributed by atoms with E-state index in [1.54, 1.807) is 30.3 Å². The van der Waals surface area contributed by atoms with Crippen LogP contribution >= 0.6 is 0 Å². The Morgan fingerprint density at radius 1 is 0.750 bits per heavy atom. The molecule has 1 heterocycles. The van der Waals surface area contributed by atoms with E-state index >= 15 is 0 Å². The van der Waals surface area contributed by atoms with Crippen molar-refractivity contribution >= 4 is 53.3 Å². The standard InChI is InChI=1S/C36H59N13O11/c1-19(52)27(32(57)47-25(18-51)30(55)46-24(17-50)29(54)45-23(34(59)60)16-20-8-3-2-4-9-20)48-28(53)22(11-6-14-43-36(40)41)44-31(56)26-12-7-15-49(26)33(58)21(37)10-5-13-42-35(38)39/h2-4,8-9,19,21-27,50-52H,5-7,10-18,37H2,1H3,(H,44,56)(H,45,54)(H,46,55)(H,47,57)(H,48,53)(H,59,60)(H4,38,39,42)(H4,40,41,43). The zero-order valence-corrected chi connectivity index (χ0v) is 33.4. The van der Waals surface area contributed by atoms with Gasteiger partial charge in [0.1, 0.15) is 36.3 Å². The topological polar surface area (TPSA) is 419 Å². The van der Waals surface area contributed by atoms with Crippen molar-refractivity contribution < 1.29 is 54.0 Å². The van der Waals surface area contributed by atoms with Gasteiger partial charge in [0, 0.05) is 26.1 Å². The molecular weight excluding hydrogens is 790 g/mol. The summed E-state index contributed by atoms with van der Waals surface area (Å²) < 4.78 is 0. The molecule has 24 heteroatoms. The van der Waals surface area contributed by atoms with E-state index in [4.69, 9.17) is 28.7 Å². The number of nitrogens with one attached hydrogen (secondary N) is 5. The van der Waals surface area contributed by atoms with E-state index in [0.29, 0.717) is 18.4 Å². The number of aliphatic carboxylic acids is 1. The molecule has 1 fully saturated rings. The van der Waals surface area contributed by atoms with E-state index in [0.717, 1.165) is 6.92 Å². The average molecular weight is 850 g/mol. The van der Waals surface area contributed by atoms with Crippen LogP contribution in [0, 0.1) is 0 Å². The Bertz CT molecular complexity index is 1670. The fourth-order valence-electron chi connectivity index (χ4n) is 6.10. The number of benzene rings is 1. The lowest BCUT2D eigenvalue weighted by molar-refractivity contribution is -0.142. The highest BCUT2D eigenvalue weighted by atomic mass is 16.4. The SMILES string of the molecule is CC(O)C(NC(=O)C(CCCN=C(N)N)NC(=O)C1CCCN1C(=O)C(N)CCCN=C(N)N)C(=O)NC(CO)C(=O)NC(CO)C(=O)NC(Cc1ccccc1)C(=O)O. The number of carboxylic acid groups (broad SMARTS) is 1. The molecule has 1 aromatic carbocycles. The summed E-state index contributed by atoms with van der Waals surface area (Å²) in [7, 11) is 0. The first kappa shape index (κ1) is 50.0. The first-order valence-electron chi connectivity index (χ1n) is 19.2. The van der Waals surface area contributed by atoms with Crippen LogP contribution in [0.25, 0.3) is 0 Å². The lowest BCUT2D eigenvalue weighted by atomic mass is 10.1. The van der Waals surface area contributed by atoms with E-state index in [2.05, 4.69) is 36.6 Å². The molecule has 8 unspecified atom stereocenters. The van der Waals surface area contributed by atoms with Gasteiger partial charge in [-0.15, -0.1) is 0 Å². The Hall–Kier alpha value is -6.11. The highest BCUT2D eigenvalue weighted by molar-refractivity contribution is 5.97. The van der Waals surface area contributed by atoms with Crippen LogP contribution < -0.4 is 55.3 Å². The molecule has 8 atom stereocenters. The molecule has 24 nitrogen and oxygen atoms in total. The molecular formula is C36H59N13O11. The number of carbonyl (C=O) groups is 7. The summed E-state index contributed by atoms with van der Waals surface area (Å²) >= 11 is 0. The minimum absolute atomic E-state index is 0.0508. The van der Waals surface area contributed by atoms with Gasteiger partial charge in [0.05, 0.1) is 25.4 Å². The Balaban J connectivity index is 2.16. The minimum Gasteiger partial charge on any atom is -0.480 e. The molecule has 1 aromatic rings. The molecule has 6 amide bonds. The zero-order valence-electron chi connectivity index (χ0n) is 33.4. The van der Waals surface area contributed by atoms with E-state index in [1.165, 1.54) is 4.90 Å². The van der Waals surface area contributed by atoms with Gasteiger partial charge >= 0.3 is 5.97 Å². The number of guanidine groups is 2. The first-order chi connectivity index (χ1) is 28.4. The number of hydrogen-bond donors (Lipinski definition) is 14. The van der Waals surface area contributed by atoms with Crippen LogP contribution in [0.4, 0.5) is 0 Å². The van der Waals surface area contributed by atoms with Gasteiger partial charge in [-0.05, 0) is 51.0 Å². The summed E-state index contributed by atoms with van der Waals surface area (Å²) in [5.74, 6) is -7.27. The van der Waals surface area contributed by atoms with Crippen LogP contribution in [-0.2, 0) is 40.0 Å². The Labute approximate surface area is 346 Å². The number of carbonyl (C=O) groups excluding carboxylic acids is 6. The molecule has 1 aliphatic heterocycles. The lowest BCUT2D eigenvalue weighted by Crippen LogP contribution is -2.62. The first-order valence-corrected chi connectivity index (χ1v) is 19.2. The number of hydrogen-bond acceptors (Lipinski definition) is 13. The predicted octanol–water partition coefficient (Wildman–Crippen LogP) is -6.47. The van der Waals surface area contributed by atoms with Crippen molar-refractivity contribution in [3.05, 3.63) is 35.9 Å². The third kappa shape index (κ3) is 16.6. The number of carboxylic acids is 1. The number of aliphatic hydroxyl groups is 3. The van der Waals surface area contributed by atoms with Crippen LogP contribution in [0.1, 0.15) is 51.0 Å². The van der Waals surface area contributed by atoms with E-state index in [1.807, 2.05) is 0 Å². The van der Waals surface area contributed by atoms with Gasteiger partial charge in [0.15, 0.2) is 11.9 Å². The third-order valence-electron chi connectivity index (χ3n) is 9.29. The molecule has 1 aliphatic rings. The van der Waals surface area contributed by atoms with E-state index < -0.39 is 103 Å². The maximum atomic E-state index is 13.7. The Morgan fingerprint density at radius 3 is 1.78 bits per heavy atom. The third-order valence-corrected chi connectivity index (χ3v) is 9.29. The maximum Gasteiger partial charge on any atom is 0.326 e. The second-order valence-electron chi connectivity index (χ2n) is 14.1. The van der Waals surface area contributed by atoms with Crippen molar-refractivity contribution in [1.82, 2.24) is 31.5 Å². The van der Waals surface area contributed by atoms with Gasteiger partial charge in [-0.2, -0.15) is 0 Å². The number of rotatable bonds is 25. The van der Waals surface area contributed by atoms with Crippen LogP contribution in [-0.4, -0.2) is 160 Å². The summed E-state index contributed by atoms with van der Waals surface area (Å²) in [6.07, 6.45) is -0.284. The smallest absolute Gasteiger partial charge is 0.326 e. The number of aliphatic imine (C=N–C) groups is 2. The number of amides is 6. The number of nitrogens with zero attached hydrogens (tertiary/aromatic N) is 3. The molecule has 1 saturated heterocycles. The molecule has 334 valence electrons. The molecule has 19 N–H and O–H groups in total. The molecule has 0 saturated carbocycles. The summed E-state index contributed by atoms with van der Waals surface area (Å²) in [4.78, 5) is 101. The van der Waals surface area contributed by atoms with Gasteiger partial charge < -0.3 is 80.6 Å². The highest BCUT2D eigenvalue weighted by Gasteiger charge is 2.39. The summed E-state index contributed by atoms with van der Waals surface area (Å²) in [5, 5.41) is 51.5. The molecule has 0 spiro atoms. The summed E-state index contributed by atoms with van der Waals surface area (Å²) in [6.45, 7) is -0.375. The largest absolute Gasteiger partial charge is 0.480 e. The van der Waals surface area contributed by atoms with Crippen LogP contribution in [0.15, 0.2) is 40.3 Å². The predicted molar refractivity (Wildman–Crippen MR) is 216 cm³/mol. The van der Waals surface area contributed by atoms with Crippen molar-refractivity contribution in [3.63, 3.8) is 0 Å². The average Bonchev–Trinajstić information content (AvgIpc) is 3.70. The van der Waals surface area contributed by atoms with Crippen molar-refractivity contribution in [3.8, 4) is 0 Å². The van der Waals surface area contributed by atoms with Gasteiger partial charge in [0.25, 0.3) is 0 Å². The molecule has 2 rings (SSSR count). The van der Waals surface area contributed by atoms with Gasteiger partial charge in [-0.1, -0.05) is 30.3 Å². The molecule has 0 radical (unpaired) electrons. The minimum atomic E-state index is -1.80. The monoisotopic (exact) mass is 849 g/mol. The van der Waals surface area contributed by atoms with Crippen molar-refractivity contribution in [2.75, 3.05) is 32.8 Å². The van der Waals surface area contributed by atoms with Gasteiger partial charge in [-0.3, -0.25) is 38.8 Å². The quantitative estimate of drug-likeness (QED) is 0.0247. The zero-order chi connectivity index (χ0) is 44.9. The fraction of sp³-hybridized carbons (Fsp3) is 0.583. The number of likely N-dealkylation sites (tertiary alicyclic amines) is 1. The van der Waals surface area contributed by atoms with E-state index in [-0.39, 0.29) is 63.7 Å². The number of aliphatic hydroxyl groups excluding tert-OH is 3. The van der Waals surface area contributed by atoms with Crippen LogP contribution in [0.2, 0.25) is 0 Å². The van der Waals surface area contributed by atoms with Gasteiger partial charge in [-0.25, -0.2) is 4.79 Å². The second-order valence-corrected chi connectivity index (χ2v) is 14.1. The Kier molecular flexibility index (Phi) is 21.2. The maximum absolute atomic E-state index is 13.7. The molecule has 0 aliphatic carbocycles. The van der Waals surface area contributed by atoms with Gasteiger partial charge in [0.2, 0.25) is 35.4 Å². The number of nitrogens with two attached hydrogens (primary N) is 5. The van der Waals surface area contributed by atoms with E-state index in [9.17, 15) is 54.0 Å². The normalized spacial score (nSPS) is 16.9. The van der Waals surface area contributed by atoms with Crippen molar-refractivity contribution in [1.29, 1.82) is 0 Å². The second kappa shape index (κ2) is 25.4. The van der Waals surface area contributed by atoms with Crippen molar-refractivity contribution in [2.45, 2.75) is 100 Å². The molecule has 60 heavy (non-hydrogen) atoms. The summed E-state index contributed by atoms with van der Waals surface area (Å²) in [5.41, 5.74) is 28.2. The van der Waals surface area contributed by atoms with Crippen LogP contribution in [0.5, 0.6) is 0 Å². The Morgan fingerprint density at radius 2 is 1.27 bits per heavy atom. The molecule has 0 aromatic heterocycles. The lowest BCUT2D eigenvalue weighted by Gasteiger charge is -2.29. The summed E-state index contributed by atoms with van der Waals surface area (Å²) in [6, 6.07) is -1.67. The van der Waals surface area contributed by atoms with Crippen LogP contribution in [0.3, 0.4) is 0 Å². The fourth-order valence-corrected chi connectivity index (χ4v) is 6.10.